The van der Waals surface area contributed by atoms with Gasteiger partial charge < -0.3 is 4.90 Å². The van der Waals surface area contributed by atoms with E-state index in [1.807, 2.05) is 13.1 Å². The number of hydrogen-bond acceptors (Lipinski definition) is 2. The Morgan fingerprint density at radius 2 is 2.06 bits per heavy atom. The maximum Gasteiger partial charge on any atom is 0.125 e. The molecule has 1 aromatic rings. The van der Waals surface area contributed by atoms with E-state index in [-0.39, 0.29) is 5.82 Å². The van der Waals surface area contributed by atoms with Crippen molar-refractivity contribution in [2.45, 2.75) is 13.8 Å². The summed E-state index contributed by atoms with van der Waals surface area (Å²) in [6, 6.07) is 6.71. The second-order valence-electron chi connectivity index (χ2n) is 4.55. The Bertz CT molecular complexity index is 327. The lowest BCUT2D eigenvalue weighted by Crippen LogP contribution is -2.29. The lowest BCUT2D eigenvalue weighted by Gasteiger charge is -2.27. The molecule has 1 atom stereocenters. The summed E-state index contributed by atoms with van der Waals surface area (Å²) in [6.45, 7) is 5.30. The molecule has 3 heteroatoms. The highest BCUT2D eigenvalue weighted by molar-refractivity contribution is 7.80. The van der Waals surface area contributed by atoms with Crippen LogP contribution in [0.3, 0.4) is 0 Å². The van der Waals surface area contributed by atoms with Crippen molar-refractivity contribution < 1.29 is 4.39 Å². The predicted molar refractivity (Wildman–Crippen MR) is 71.9 cm³/mol. The van der Waals surface area contributed by atoms with Crippen LogP contribution in [0, 0.1) is 17.7 Å². The molecule has 0 bridgehead atoms. The van der Waals surface area contributed by atoms with Gasteiger partial charge in [-0.1, -0.05) is 19.9 Å². The van der Waals surface area contributed by atoms with E-state index in [1.165, 1.54) is 6.07 Å². The molecular weight excluding hydrogens is 221 g/mol. The fourth-order valence-corrected chi connectivity index (χ4v) is 2.19. The first-order valence-corrected chi connectivity index (χ1v) is 6.25. The van der Waals surface area contributed by atoms with E-state index in [9.17, 15) is 4.39 Å². The zero-order valence-electron chi connectivity index (χ0n) is 10.2. The first-order chi connectivity index (χ1) is 7.54. The largest absolute Gasteiger partial charge is 0.374 e. The molecule has 0 saturated heterocycles. The first kappa shape index (κ1) is 13.4. The molecule has 16 heavy (non-hydrogen) atoms. The van der Waals surface area contributed by atoms with E-state index in [1.54, 1.807) is 12.1 Å². The van der Waals surface area contributed by atoms with Gasteiger partial charge in [-0.25, -0.2) is 4.39 Å². The average molecular weight is 241 g/mol. The molecule has 0 amide bonds. The Labute approximate surface area is 103 Å². The molecule has 0 radical (unpaired) electrons. The molecule has 90 valence electrons. The standard InChI is InChI=1S/C13H20FNS/c1-10(2)11(9-16)8-15(3)13-6-4-5-12(14)7-13/h4-7,10-11,16H,8-9H2,1-3H3. The van der Waals surface area contributed by atoms with E-state index in [0.717, 1.165) is 18.0 Å². The second kappa shape index (κ2) is 6.14. The van der Waals surface area contributed by atoms with E-state index in [0.29, 0.717) is 11.8 Å². The molecule has 0 N–H and O–H groups in total. The van der Waals surface area contributed by atoms with Crippen molar-refractivity contribution in [2.24, 2.45) is 11.8 Å². The van der Waals surface area contributed by atoms with Gasteiger partial charge >= 0.3 is 0 Å². The molecule has 1 nitrogen and oxygen atoms in total. The minimum atomic E-state index is -0.184. The van der Waals surface area contributed by atoms with Crippen LogP contribution < -0.4 is 4.90 Å². The molecule has 0 fully saturated rings. The summed E-state index contributed by atoms with van der Waals surface area (Å²) in [5, 5.41) is 0. The molecule has 0 aliphatic rings. The molecule has 0 heterocycles. The van der Waals surface area contributed by atoms with Crippen LogP contribution in [0.15, 0.2) is 24.3 Å². The molecule has 0 spiro atoms. The lowest BCUT2D eigenvalue weighted by molar-refractivity contribution is 0.430. The van der Waals surface area contributed by atoms with Crippen molar-refractivity contribution in [1.29, 1.82) is 0 Å². The molecule has 1 aromatic carbocycles. The van der Waals surface area contributed by atoms with Gasteiger partial charge in [0.2, 0.25) is 0 Å². The highest BCUT2D eigenvalue weighted by Crippen LogP contribution is 2.19. The number of benzene rings is 1. The number of hydrogen-bond donors (Lipinski definition) is 1. The van der Waals surface area contributed by atoms with Gasteiger partial charge in [-0.05, 0) is 35.8 Å². The number of nitrogens with zero attached hydrogens (tertiary/aromatic N) is 1. The summed E-state index contributed by atoms with van der Waals surface area (Å²) in [5.41, 5.74) is 0.924. The maximum atomic E-state index is 13.1. The quantitative estimate of drug-likeness (QED) is 0.773. The molecule has 0 saturated carbocycles. The highest BCUT2D eigenvalue weighted by Gasteiger charge is 2.14. The summed E-state index contributed by atoms with van der Waals surface area (Å²) in [7, 11) is 1.99. The van der Waals surface area contributed by atoms with Gasteiger partial charge in [-0.3, -0.25) is 0 Å². The summed E-state index contributed by atoms with van der Waals surface area (Å²) in [6.07, 6.45) is 0. The van der Waals surface area contributed by atoms with Crippen molar-refractivity contribution in [3.05, 3.63) is 30.1 Å². The minimum absolute atomic E-state index is 0.184. The third kappa shape index (κ3) is 3.71. The van der Waals surface area contributed by atoms with Gasteiger partial charge in [-0.2, -0.15) is 12.6 Å². The number of halogens is 1. The van der Waals surface area contributed by atoms with Crippen molar-refractivity contribution in [2.75, 3.05) is 24.2 Å². The molecule has 1 unspecified atom stereocenters. The van der Waals surface area contributed by atoms with Crippen molar-refractivity contribution in [3.63, 3.8) is 0 Å². The van der Waals surface area contributed by atoms with Crippen LogP contribution in [0.5, 0.6) is 0 Å². The average Bonchev–Trinajstić information content (AvgIpc) is 2.25. The maximum absolute atomic E-state index is 13.1. The predicted octanol–water partition coefficient (Wildman–Crippen LogP) is 3.46. The number of rotatable bonds is 5. The smallest absolute Gasteiger partial charge is 0.125 e. The number of thiol groups is 1. The van der Waals surface area contributed by atoms with Gasteiger partial charge in [0.05, 0.1) is 0 Å². The fraction of sp³-hybridized carbons (Fsp3) is 0.538. The van der Waals surface area contributed by atoms with Crippen molar-refractivity contribution in [1.82, 2.24) is 0 Å². The van der Waals surface area contributed by atoms with Crippen LogP contribution in [-0.2, 0) is 0 Å². The van der Waals surface area contributed by atoms with E-state index < -0.39 is 0 Å². The van der Waals surface area contributed by atoms with Crippen LogP contribution in [0.2, 0.25) is 0 Å². The van der Waals surface area contributed by atoms with Crippen LogP contribution in [0.25, 0.3) is 0 Å². The third-order valence-electron chi connectivity index (χ3n) is 2.93. The Morgan fingerprint density at radius 1 is 1.38 bits per heavy atom. The Morgan fingerprint density at radius 3 is 2.56 bits per heavy atom. The fourth-order valence-electron chi connectivity index (χ4n) is 1.65. The molecule has 0 aliphatic carbocycles. The van der Waals surface area contributed by atoms with Crippen LogP contribution >= 0.6 is 12.6 Å². The molecule has 0 aliphatic heterocycles. The highest BCUT2D eigenvalue weighted by atomic mass is 32.1. The number of anilines is 1. The van der Waals surface area contributed by atoms with E-state index in [4.69, 9.17) is 0 Å². The van der Waals surface area contributed by atoms with Crippen molar-refractivity contribution in [3.8, 4) is 0 Å². The Kier molecular flexibility index (Phi) is 5.13. The third-order valence-corrected chi connectivity index (χ3v) is 3.40. The Balaban J connectivity index is 2.67. The zero-order valence-corrected chi connectivity index (χ0v) is 11.0. The van der Waals surface area contributed by atoms with Crippen molar-refractivity contribution >= 4 is 18.3 Å². The molecular formula is C13H20FNS. The van der Waals surface area contributed by atoms with Gasteiger partial charge in [0.15, 0.2) is 0 Å². The van der Waals surface area contributed by atoms with Crippen LogP contribution in [0.1, 0.15) is 13.8 Å². The van der Waals surface area contributed by atoms with Gasteiger partial charge in [0, 0.05) is 19.3 Å². The monoisotopic (exact) mass is 241 g/mol. The van der Waals surface area contributed by atoms with E-state index >= 15 is 0 Å². The van der Waals surface area contributed by atoms with E-state index in [2.05, 4.69) is 31.4 Å². The first-order valence-electron chi connectivity index (χ1n) is 5.62. The van der Waals surface area contributed by atoms with Gasteiger partial charge in [-0.15, -0.1) is 0 Å². The SMILES string of the molecule is CC(C)C(CS)CN(C)c1cccc(F)c1. The van der Waals surface area contributed by atoms with Crippen LogP contribution in [-0.4, -0.2) is 19.3 Å². The molecule has 1 rings (SSSR count). The summed E-state index contributed by atoms with van der Waals surface area (Å²) in [5.74, 6) is 1.79. The van der Waals surface area contributed by atoms with Gasteiger partial charge in [0.1, 0.15) is 5.82 Å². The van der Waals surface area contributed by atoms with Crippen LogP contribution in [0.4, 0.5) is 10.1 Å². The summed E-state index contributed by atoms with van der Waals surface area (Å²) < 4.78 is 13.1. The molecule has 0 aromatic heterocycles. The topological polar surface area (TPSA) is 3.24 Å². The zero-order chi connectivity index (χ0) is 12.1. The lowest BCUT2D eigenvalue weighted by atomic mass is 9.97. The minimum Gasteiger partial charge on any atom is -0.374 e. The second-order valence-corrected chi connectivity index (χ2v) is 4.91. The Hall–Kier alpha value is -0.700. The normalized spacial score (nSPS) is 12.9. The summed E-state index contributed by atoms with van der Waals surface area (Å²) in [4.78, 5) is 2.09. The van der Waals surface area contributed by atoms with Gasteiger partial charge in [0.25, 0.3) is 0 Å². The summed E-state index contributed by atoms with van der Waals surface area (Å²) >= 11 is 4.36.